The van der Waals surface area contributed by atoms with Gasteiger partial charge in [0.1, 0.15) is 6.54 Å². The molecule has 1 N–H and O–H groups in total. The molecule has 1 fully saturated rings. The summed E-state index contributed by atoms with van der Waals surface area (Å²) in [6, 6.07) is 14.9. The summed E-state index contributed by atoms with van der Waals surface area (Å²) in [6.45, 7) is 6.07. The number of carbonyl (C=O) groups is 1. The van der Waals surface area contributed by atoms with Crippen molar-refractivity contribution in [3.05, 3.63) is 58.6 Å². The van der Waals surface area contributed by atoms with E-state index in [1.807, 2.05) is 19.1 Å². The summed E-state index contributed by atoms with van der Waals surface area (Å²) in [4.78, 5) is 15.0. The molecule has 0 radical (unpaired) electrons. The lowest BCUT2D eigenvalue weighted by Crippen LogP contribution is -2.41. The van der Waals surface area contributed by atoms with Crippen LogP contribution in [0.15, 0.2) is 53.0 Å². The Labute approximate surface area is 193 Å². The molecule has 168 valence electrons. The molecule has 3 rings (SSSR count). The van der Waals surface area contributed by atoms with Crippen LogP contribution in [0.3, 0.4) is 0 Å². The number of sulfonamides is 1. The minimum Gasteiger partial charge on any atom is -0.371 e. The minimum atomic E-state index is -3.60. The fraction of sp³-hybridized carbons (Fsp3) is 0.435. The maximum absolute atomic E-state index is 12.6. The van der Waals surface area contributed by atoms with Crippen molar-refractivity contribution in [3.63, 3.8) is 0 Å². The summed E-state index contributed by atoms with van der Waals surface area (Å²) in [5.74, 6) is 0.352. The molecular weight excluding hydrogens is 478 g/mol. The molecule has 2 atom stereocenters. The normalized spacial score (nSPS) is 17.8. The Kier molecular flexibility index (Phi) is 7.64. The van der Waals surface area contributed by atoms with E-state index in [1.165, 1.54) is 18.5 Å². The zero-order valence-electron chi connectivity index (χ0n) is 18.2. The van der Waals surface area contributed by atoms with Crippen molar-refractivity contribution in [2.24, 2.45) is 5.92 Å². The van der Waals surface area contributed by atoms with Crippen LogP contribution in [0.5, 0.6) is 0 Å². The van der Waals surface area contributed by atoms with Crippen molar-refractivity contribution in [2.75, 3.05) is 35.1 Å². The first kappa shape index (κ1) is 23.6. The molecule has 0 bridgehead atoms. The van der Waals surface area contributed by atoms with E-state index in [0.29, 0.717) is 11.6 Å². The van der Waals surface area contributed by atoms with E-state index in [0.717, 1.165) is 33.7 Å². The van der Waals surface area contributed by atoms with Crippen molar-refractivity contribution in [2.45, 2.75) is 32.7 Å². The average molecular weight is 508 g/mol. The monoisotopic (exact) mass is 507 g/mol. The Bertz CT molecular complexity index is 994. The lowest BCUT2D eigenvalue weighted by molar-refractivity contribution is -0.120. The first-order chi connectivity index (χ1) is 14.6. The molecule has 2 aromatic rings. The number of hydrogen-bond donors (Lipinski definition) is 1. The number of nitrogens with zero attached hydrogens (tertiary/aromatic N) is 2. The Morgan fingerprint density at radius 2 is 1.84 bits per heavy atom. The van der Waals surface area contributed by atoms with Crippen LogP contribution in [0, 0.1) is 5.92 Å². The van der Waals surface area contributed by atoms with Gasteiger partial charge in [0.05, 0.1) is 18.0 Å². The van der Waals surface area contributed by atoms with E-state index in [-0.39, 0.29) is 18.5 Å². The molecule has 0 saturated carbocycles. The molecule has 1 aliphatic heterocycles. The number of halogens is 1. The maximum atomic E-state index is 12.6. The van der Waals surface area contributed by atoms with Crippen LogP contribution in [-0.4, -0.2) is 40.2 Å². The van der Waals surface area contributed by atoms with Crippen molar-refractivity contribution < 1.29 is 13.2 Å². The third-order valence-corrected chi connectivity index (χ3v) is 7.26. The van der Waals surface area contributed by atoms with Crippen molar-refractivity contribution in [1.29, 1.82) is 0 Å². The number of anilines is 2. The fourth-order valence-electron chi connectivity index (χ4n) is 3.91. The van der Waals surface area contributed by atoms with E-state index in [2.05, 4.69) is 45.2 Å². The van der Waals surface area contributed by atoms with E-state index < -0.39 is 10.0 Å². The molecule has 0 aromatic heterocycles. The second-order valence-corrected chi connectivity index (χ2v) is 11.1. The molecule has 1 saturated heterocycles. The van der Waals surface area contributed by atoms with E-state index in [1.54, 1.807) is 24.3 Å². The predicted molar refractivity (Wildman–Crippen MR) is 130 cm³/mol. The van der Waals surface area contributed by atoms with Gasteiger partial charge in [-0.05, 0) is 67.6 Å². The highest BCUT2D eigenvalue weighted by atomic mass is 79.9. The van der Waals surface area contributed by atoms with Crippen molar-refractivity contribution in [3.8, 4) is 0 Å². The van der Waals surface area contributed by atoms with E-state index in [4.69, 9.17) is 0 Å². The number of nitrogens with one attached hydrogen (secondary N) is 1. The summed E-state index contributed by atoms with van der Waals surface area (Å²) in [6.07, 6.45) is 3.60. The lowest BCUT2D eigenvalue weighted by atomic mass is 9.99. The molecule has 2 aromatic carbocycles. The van der Waals surface area contributed by atoms with Crippen LogP contribution < -0.4 is 14.5 Å². The Morgan fingerprint density at radius 1 is 1.19 bits per heavy atom. The molecule has 31 heavy (non-hydrogen) atoms. The molecule has 0 spiro atoms. The van der Waals surface area contributed by atoms with Crippen LogP contribution >= 0.6 is 15.9 Å². The van der Waals surface area contributed by atoms with Gasteiger partial charge in [-0.15, -0.1) is 0 Å². The highest BCUT2D eigenvalue weighted by Crippen LogP contribution is 2.25. The quantitative estimate of drug-likeness (QED) is 0.605. The average Bonchev–Trinajstić information content (AvgIpc) is 2.72. The number of piperidine rings is 1. The first-order valence-corrected chi connectivity index (χ1v) is 13.1. The molecule has 1 aliphatic rings. The van der Waals surface area contributed by atoms with Gasteiger partial charge in [-0.25, -0.2) is 8.42 Å². The Balaban J connectivity index is 1.64. The number of carbonyl (C=O) groups excluding carboxylic acids is 1. The summed E-state index contributed by atoms with van der Waals surface area (Å²) < 4.78 is 26.4. The van der Waals surface area contributed by atoms with Crippen LogP contribution in [0.1, 0.15) is 38.3 Å². The molecule has 1 heterocycles. The van der Waals surface area contributed by atoms with E-state index in [9.17, 15) is 13.2 Å². The number of benzene rings is 2. The van der Waals surface area contributed by atoms with Crippen LogP contribution in [0.25, 0.3) is 0 Å². The third kappa shape index (κ3) is 6.46. The van der Waals surface area contributed by atoms with Gasteiger partial charge < -0.3 is 10.2 Å². The summed E-state index contributed by atoms with van der Waals surface area (Å²) in [5.41, 5.74) is 2.64. The van der Waals surface area contributed by atoms with Crippen LogP contribution in [-0.2, 0) is 14.8 Å². The van der Waals surface area contributed by atoms with Crippen LogP contribution in [0.2, 0.25) is 0 Å². The lowest BCUT2D eigenvalue weighted by Gasteiger charge is -2.33. The SMILES string of the molecule is CC1CCCN(c2ccc(C(C)NC(=O)CN(c3ccc(Br)cc3)S(C)(=O)=O)cc2)C1. The first-order valence-electron chi connectivity index (χ1n) is 10.5. The van der Waals surface area contributed by atoms with Gasteiger partial charge in [-0.3, -0.25) is 9.10 Å². The van der Waals surface area contributed by atoms with E-state index >= 15 is 0 Å². The molecule has 1 amide bonds. The largest absolute Gasteiger partial charge is 0.371 e. The van der Waals surface area contributed by atoms with Gasteiger partial charge in [0.2, 0.25) is 15.9 Å². The van der Waals surface area contributed by atoms with Gasteiger partial charge >= 0.3 is 0 Å². The molecular formula is C23H30BrN3O3S. The highest BCUT2D eigenvalue weighted by Gasteiger charge is 2.22. The topological polar surface area (TPSA) is 69.7 Å². The van der Waals surface area contributed by atoms with Crippen LogP contribution in [0.4, 0.5) is 11.4 Å². The van der Waals surface area contributed by atoms with Gasteiger partial charge in [-0.2, -0.15) is 0 Å². The molecule has 2 unspecified atom stereocenters. The van der Waals surface area contributed by atoms with Gasteiger partial charge in [0.15, 0.2) is 0 Å². The standard InChI is InChI=1S/C23H30BrN3O3S/c1-17-5-4-14-26(15-17)21-10-6-19(7-11-21)18(2)25-23(28)16-27(31(3,29)30)22-12-8-20(24)9-13-22/h6-13,17-18H,4-5,14-16H2,1-3H3,(H,25,28). The smallest absolute Gasteiger partial charge is 0.241 e. The summed E-state index contributed by atoms with van der Waals surface area (Å²) in [7, 11) is -3.60. The summed E-state index contributed by atoms with van der Waals surface area (Å²) >= 11 is 3.34. The molecule has 6 nitrogen and oxygen atoms in total. The van der Waals surface area contributed by atoms with Gasteiger partial charge in [0, 0.05) is 23.2 Å². The third-order valence-electron chi connectivity index (χ3n) is 5.59. The number of amides is 1. The van der Waals surface area contributed by atoms with Crippen molar-refractivity contribution in [1.82, 2.24) is 5.32 Å². The zero-order valence-corrected chi connectivity index (χ0v) is 20.6. The molecule has 0 aliphatic carbocycles. The number of hydrogen-bond acceptors (Lipinski definition) is 4. The zero-order chi connectivity index (χ0) is 22.6. The summed E-state index contributed by atoms with van der Waals surface area (Å²) in [5, 5.41) is 2.92. The Hall–Kier alpha value is -2.06. The van der Waals surface area contributed by atoms with Gasteiger partial charge in [-0.1, -0.05) is 35.0 Å². The Morgan fingerprint density at radius 3 is 2.42 bits per heavy atom. The fourth-order valence-corrected chi connectivity index (χ4v) is 5.03. The van der Waals surface area contributed by atoms with Crippen molar-refractivity contribution >= 4 is 43.2 Å². The second-order valence-electron chi connectivity index (χ2n) is 8.32. The maximum Gasteiger partial charge on any atom is 0.241 e. The van der Waals surface area contributed by atoms with Gasteiger partial charge in [0.25, 0.3) is 0 Å². The second kappa shape index (κ2) is 10.0. The highest BCUT2D eigenvalue weighted by molar-refractivity contribution is 9.10. The minimum absolute atomic E-state index is 0.229. The molecule has 8 heteroatoms. The number of rotatable bonds is 7. The predicted octanol–water partition coefficient (Wildman–Crippen LogP) is 4.33.